The van der Waals surface area contributed by atoms with Gasteiger partial charge in [-0.15, -0.1) is 0 Å². The summed E-state index contributed by atoms with van der Waals surface area (Å²) in [7, 11) is 1.30. The van der Waals surface area contributed by atoms with Gasteiger partial charge in [-0.25, -0.2) is 0 Å². The molecule has 2 aromatic rings. The number of halogens is 5. The van der Waals surface area contributed by atoms with Gasteiger partial charge < -0.3 is 9.30 Å². The first kappa shape index (κ1) is 19.9. The van der Waals surface area contributed by atoms with Crippen LogP contribution >= 0.6 is 0 Å². The van der Waals surface area contributed by atoms with Crippen molar-refractivity contribution in [2.75, 3.05) is 0 Å². The molecule has 148 valence electrons. The fraction of sp³-hybridized carbons (Fsp3) is 0.368. The number of nitrogens with zero attached hydrogens (tertiary/aromatic N) is 3. The van der Waals surface area contributed by atoms with Crippen molar-refractivity contribution >= 4 is 0 Å². The van der Waals surface area contributed by atoms with Crippen LogP contribution in [0.4, 0.5) is 22.0 Å². The number of nitriles is 1. The zero-order chi connectivity index (χ0) is 20.5. The first-order valence-corrected chi connectivity index (χ1v) is 8.48. The molecule has 28 heavy (non-hydrogen) atoms. The third-order valence-electron chi connectivity index (χ3n) is 4.55. The maximum Gasteiger partial charge on any atom is 0.417 e. The van der Waals surface area contributed by atoms with Crippen molar-refractivity contribution < 1.29 is 26.7 Å². The Morgan fingerprint density at radius 1 is 1.29 bits per heavy atom. The number of alkyl halides is 5. The van der Waals surface area contributed by atoms with E-state index in [4.69, 9.17) is 5.26 Å². The minimum absolute atomic E-state index is 0.101. The molecule has 1 unspecified atom stereocenters. The lowest BCUT2D eigenvalue weighted by atomic mass is 9.87. The van der Waals surface area contributed by atoms with Gasteiger partial charge in [-0.2, -0.15) is 27.2 Å². The lowest BCUT2D eigenvalue weighted by Crippen LogP contribution is -2.26. The highest BCUT2D eigenvalue weighted by Crippen LogP contribution is 2.34. The molecule has 4 nitrogen and oxygen atoms in total. The molecule has 0 spiro atoms. The second kappa shape index (κ2) is 7.62. The zero-order valence-corrected chi connectivity index (χ0v) is 14.8. The molecule has 1 heterocycles. The van der Waals surface area contributed by atoms with E-state index in [-0.39, 0.29) is 5.49 Å². The molecule has 0 amide bonds. The number of aryl methyl sites for hydroxylation is 2. The normalized spacial score (nSPS) is 17.4. The second-order valence-electron chi connectivity index (χ2n) is 6.47. The molecule has 0 radical (unpaired) electrons. The van der Waals surface area contributed by atoms with E-state index < -0.39 is 30.1 Å². The molecule has 0 saturated carbocycles. The monoisotopic (exact) mass is 397 g/mol. The van der Waals surface area contributed by atoms with E-state index in [0.29, 0.717) is 18.1 Å². The van der Waals surface area contributed by atoms with Gasteiger partial charge in [-0.05, 0) is 48.6 Å². The van der Waals surface area contributed by atoms with Crippen LogP contribution in [-0.2, 0) is 19.6 Å². The van der Waals surface area contributed by atoms with Gasteiger partial charge in [0.1, 0.15) is 0 Å². The van der Waals surface area contributed by atoms with Crippen LogP contribution < -0.4 is 10.2 Å². The molecule has 1 aliphatic rings. The fourth-order valence-electron chi connectivity index (χ4n) is 3.32. The topological polar surface area (TPSA) is 50.3 Å². The van der Waals surface area contributed by atoms with Crippen LogP contribution in [-0.4, -0.2) is 11.2 Å². The third kappa shape index (κ3) is 4.16. The molecular weight excluding hydrogens is 381 g/mol. The SMILES string of the molecule is Cn1cc(C(F)(F)F)cc(OC(F)F)/c1=N/C1CCCc2cc(C#N)ccc21. The highest BCUT2D eigenvalue weighted by atomic mass is 19.4. The van der Waals surface area contributed by atoms with Gasteiger partial charge in [0.25, 0.3) is 0 Å². The summed E-state index contributed by atoms with van der Waals surface area (Å²) in [6.07, 6.45) is -1.81. The van der Waals surface area contributed by atoms with E-state index >= 15 is 0 Å². The van der Waals surface area contributed by atoms with Gasteiger partial charge in [0.05, 0.1) is 23.2 Å². The molecule has 1 aromatic carbocycles. The highest BCUT2D eigenvalue weighted by molar-refractivity contribution is 5.41. The maximum atomic E-state index is 13.0. The summed E-state index contributed by atoms with van der Waals surface area (Å²) in [5, 5.41) is 9.03. The standard InChI is InChI=1S/C19H16F5N3O/c1-27-10-13(19(22,23)24)8-16(28-18(20)21)17(27)26-15-4-2-3-12-7-11(9-25)5-6-14(12)15/h5-8,10,15,18H,2-4H2,1H3/b26-17-. The Labute approximate surface area is 157 Å². The van der Waals surface area contributed by atoms with Crippen molar-refractivity contribution in [3.63, 3.8) is 0 Å². The van der Waals surface area contributed by atoms with Crippen LogP contribution in [0.15, 0.2) is 35.5 Å². The van der Waals surface area contributed by atoms with Crippen molar-refractivity contribution in [2.24, 2.45) is 12.0 Å². The van der Waals surface area contributed by atoms with E-state index in [1.165, 1.54) is 7.05 Å². The summed E-state index contributed by atoms with van der Waals surface area (Å²) in [6.45, 7) is -3.28. The highest BCUT2D eigenvalue weighted by Gasteiger charge is 2.32. The number of benzene rings is 1. The Morgan fingerprint density at radius 3 is 2.68 bits per heavy atom. The number of rotatable bonds is 3. The Bertz CT molecular complexity index is 989. The molecule has 0 aliphatic heterocycles. The van der Waals surface area contributed by atoms with Gasteiger partial charge in [0.15, 0.2) is 11.2 Å². The van der Waals surface area contributed by atoms with Crippen molar-refractivity contribution in [2.45, 2.75) is 38.1 Å². The summed E-state index contributed by atoms with van der Waals surface area (Å²) >= 11 is 0. The summed E-state index contributed by atoms with van der Waals surface area (Å²) in [4.78, 5) is 4.44. The largest absolute Gasteiger partial charge is 0.431 e. The Balaban J connectivity index is 2.13. The number of ether oxygens (including phenoxy) is 1. The van der Waals surface area contributed by atoms with Crippen molar-refractivity contribution in [1.82, 2.24) is 4.57 Å². The minimum Gasteiger partial charge on any atom is -0.431 e. The number of hydrogen-bond donors (Lipinski definition) is 0. The lowest BCUT2D eigenvalue weighted by molar-refractivity contribution is -0.138. The minimum atomic E-state index is -4.71. The van der Waals surface area contributed by atoms with Crippen LogP contribution in [0.1, 0.15) is 41.1 Å². The van der Waals surface area contributed by atoms with E-state index in [1.54, 1.807) is 18.2 Å². The zero-order valence-electron chi connectivity index (χ0n) is 14.8. The molecule has 1 aromatic heterocycles. The molecule has 0 N–H and O–H groups in total. The lowest BCUT2D eigenvalue weighted by Gasteiger charge is -2.23. The summed E-state index contributed by atoms with van der Waals surface area (Å²) in [5.41, 5.74) is 1.04. The van der Waals surface area contributed by atoms with Gasteiger partial charge in [0, 0.05) is 13.2 Å². The molecule has 0 saturated heterocycles. The maximum absolute atomic E-state index is 13.0. The van der Waals surface area contributed by atoms with Crippen LogP contribution in [0.3, 0.4) is 0 Å². The number of fused-ring (bicyclic) bond motifs is 1. The van der Waals surface area contributed by atoms with Crippen molar-refractivity contribution in [1.29, 1.82) is 5.26 Å². The van der Waals surface area contributed by atoms with Gasteiger partial charge in [0.2, 0.25) is 0 Å². The predicted molar refractivity (Wildman–Crippen MR) is 89.4 cm³/mol. The smallest absolute Gasteiger partial charge is 0.417 e. The Morgan fingerprint density at radius 2 is 2.04 bits per heavy atom. The van der Waals surface area contributed by atoms with Gasteiger partial charge in [-0.3, -0.25) is 4.99 Å². The summed E-state index contributed by atoms with van der Waals surface area (Å²) < 4.78 is 70.0. The number of pyridine rings is 1. The van der Waals surface area contributed by atoms with E-state index in [0.717, 1.165) is 34.7 Å². The average Bonchev–Trinajstić information content (AvgIpc) is 2.62. The molecule has 3 rings (SSSR count). The second-order valence-corrected chi connectivity index (χ2v) is 6.47. The molecule has 9 heteroatoms. The van der Waals surface area contributed by atoms with Crippen LogP contribution in [0, 0.1) is 11.3 Å². The fourth-order valence-corrected chi connectivity index (χ4v) is 3.32. The van der Waals surface area contributed by atoms with Gasteiger partial charge in [-0.1, -0.05) is 6.07 Å². The van der Waals surface area contributed by atoms with Crippen LogP contribution in [0.25, 0.3) is 0 Å². The van der Waals surface area contributed by atoms with Crippen molar-refractivity contribution in [3.8, 4) is 11.8 Å². The molecule has 0 fully saturated rings. The first-order chi connectivity index (χ1) is 13.2. The van der Waals surface area contributed by atoms with E-state index in [9.17, 15) is 22.0 Å². The Kier molecular flexibility index (Phi) is 5.40. The van der Waals surface area contributed by atoms with E-state index in [1.807, 2.05) is 0 Å². The van der Waals surface area contributed by atoms with Crippen LogP contribution in [0.5, 0.6) is 5.75 Å². The van der Waals surface area contributed by atoms with E-state index in [2.05, 4.69) is 15.8 Å². The first-order valence-electron chi connectivity index (χ1n) is 8.48. The molecule has 1 aliphatic carbocycles. The summed E-state index contributed by atoms with van der Waals surface area (Å²) in [6, 6.07) is 7.30. The summed E-state index contributed by atoms with van der Waals surface area (Å²) in [5.74, 6) is -0.631. The Hall–Kier alpha value is -2.89. The predicted octanol–water partition coefficient (Wildman–Crippen LogP) is 4.50. The van der Waals surface area contributed by atoms with Crippen LogP contribution in [0.2, 0.25) is 0 Å². The quantitative estimate of drug-likeness (QED) is 0.717. The third-order valence-corrected chi connectivity index (χ3v) is 4.55. The number of hydrogen-bond acceptors (Lipinski definition) is 3. The van der Waals surface area contributed by atoms with Gasteiger partial charge >= 0.3 is 12.8 Å². The number of aromatic nitrogens is 1. The molecular formula is C19H16F5N3O. The molecule has 0 bridgehead atoms. The average molecular weight is 397 g/mol. The molecule has 1 atom stereocenters. The van der Waals surface area contributed by atoms with Crippen molar-refractivity contribution in [3.05, 3.63) is 58.2 Å².